The molecule has 0 spiro atoms. The lowest BCUT2D eigenvalue weighted by Crippen LogP contribution is -2.38. The molecule has 0 aliphatic carbocycles. The van der Waals surface area contributed by atoms with Crippen molar-refractivity contribution in [2.45, 2.75) is 13.8 Å². The predicted octanol–water partition coefficient (Wildman–Crippen LogP) is 1.36. The second-order valence-electron chi connectivity index (χ2n) is 4.81. The Kier molecular flexibility index (Phi) is 4.77. The molecule has 0 radical (unpaired) electrons. The molecule has 116 valence electrons. The summed E-state index contributed by atoms with van der Waals surface area (Å²) in [7, 11) is 1.49. The lowest BCUT2D eigenvalue weighted by molar-refractivity contribution is -0.115. The molecule has 0 aliphatic heterocycles. The smallest absolute Gasteiger partial charge is 0.314 e. The van der Waals surface area contributed by atoms with E-state index in [-0.39, 0.29) is 12.5 Å². The first-order valence-corrected chi connectivity index (χ1v) is 6.87. The zero-order chi connectivity index (χ0) is 16.1. The highest BCUT2D eigenvalue weighted by molar-refractivity contribution is 5.94. The molecule has 7 heteroatoms. The van der Waals surface area contributed by atoms with Crippen molar-refractivity contribution in [2.24, 2.45) is 0 Å². The van der Waals surface area contributed by atoms with E-state index in [1.165, 1.54) is 7.05 Å². The van der Waals surface area contributed by atoms with Crippen molar-refractivity contribution in [1.29, 1.82) is 0 Å². The second-order valence-corrected chi connectivity index (χ2v) is 4.81. The number of aryl methyl sites for hydroxylation is 1. The van der Waals surface area contributed by atoms with Gasteiger partial charge in [0.2, 0.25) is 5.91 Å². The van der Waals surface area contributed by atoms with Gasteiger partial charge in [0.25, 0.3) is 0 Å². The van der Waals surface area contributed by atoms with E-state index in [9.17, 15) is 9.59 Å². The molecule has 22 heavy (non-hydrogen) atoms. The highest BCUT2D eigenvalue weighted by Gasteiger charge is 2.06. The second kappa shape index (κ2) is 6.75. The molecule has 0 bridgehead atoms. The molecule has 2 aromatic rings. The van der Waals surface area contributed by atoms with Crippen molar-refractivity contribution < 1.29 is 9.59 Å². The van der Waals surface area contributed by atoms with Crippen LogP contribution >= 0.6 is 0 Å². The highest BCUT2D eigenvalue weighted by Crippen LogP contribution is 2.16. The number of urea groups is 1. The zero-order valence-corrected chi connectivity index (χ0v) is 12.8. The van der Waals surface area contributed by atoms with Crippen LogP contribution in [0.3, 0.4) is 0 Å². The van der Waals surface area contributed by atoms with Gasteiger partial charge in [-0.3, -0.25) is 4.79 Å². The molecule has 1 aromatic carbocycles. The van der Waals surface area contributed by atoms with Crippen LogP contribution < -0.4 is 16.0 Å². The Bertz CT molecular complexity index is 676. The Morgan fingerprint density at radius 2 is 1.86 bits per heavy atom. The van der Waals surface area contributed by atoms with E-state index >= 15 is 0 Å². The Morgan fingerprint density at radius 1 is 1.18 bits per heavy atom. The van der Waals surface area contributed by atoms with E-state index in [2.05, 4.69) is 20.9 Å². The quantitative estimate of drug-likeness (QED) is 0.796. The molecular weight excluding hydrogens is 282 g/mol. The van der Waals surface area contributed by atoms with E-state index < -0.39 is 6.03 Å². The van der Waals surface area contributed by atoms with Gasteiger partial charge in [-0.15, -0.1) is 0 Å². The van der Waals surface area contributed by atoms with E-state index in [1.807, 2.05) is 42.7 Å². The summed E-state index contributed by atoms with van der Waals surface area (Å²) in [6.45, 7) is 3.88. The first-order chi connectivity index (χ1) is 10.5. The van der Waals surface area contributed by atoms with Crippen LogP contribution in [-0.4, -0.2) is 35.1 Å². The lowest BCUT2D eigenvalue weighted by Gasteiger charge is -2.09. The van der Waals surface area contributed by atoms with Crippen molar-refractivity contribution in [3.63, 3.8) is 0 Å². The molecular formula is C15H19N5O2. The van der Waals surface area contributed by atoms with Gasteiger partial charge >= 0.3 is 6.03 Å². The highest BCUT2D eigenvalue weighted by atomic mass is 16.2. The number of nitrogens with zero attached hydrogens (tertiary/aromatic N) is 2. The number of hydrogen-bond donors (Lipinski definition) is 3. The fraction of sp³-hybridized carbons (Fsp3) is 0.267. The maximum atomic E-state index is 11.7. The number of aromatic nitrogens is 2. The summed E-state index contributed by atoms with van der Waals surface area (Å²) in [5.41, 5.74) is 3.70. The fourth-order valence-electron chi connectivity index (χ4n) is 1.92. The van der Waals surface area contributed by atoms with Crippen LogP contribution in [0.2, 0.25) is 0 Å². The third-order valence-corrected chi connectivity index (χ3v) is 3.32. The monoisotopic (exact) mass is 301 g/mol. The Labute approximate surface area is 128 Å². The minimum atomic E-state index is -0.392. The number of amides is 3. The summed E-state index contributed by atoms with van der Waals surface area (Å²) in [6.07, 6.45) is 1.77. The average molecular weight is 301 g/mol. The van der Waals surface area contributed by atoms with Gasteiger partial charge in [-0.1, -0.05) is 0 Å². The maximum Gasteiger partial charge on any atom is 0.314 e. The van der Waals surface area contributed by atoms with Crippen LogP contribution in [0.4, 0.5) is 10.5 Å². The first kappa shape index (κ1) is 15.6. The van der Waals surface area contributed by atoms with Crippen molar-refractivity contribution in [2.75, 3.05) is 18.9 Å². The number of rotatable bonds is 4. The Balaban J connectivity index is 1.99. The largest absolute Gasteiger partial charge is 0.341 e. The van der Waals surface area contributed by atoms with Crippen molar-refractivity contribution >= 4 is 17.6 Å². The van der Waals surface area contributed by atoms with Gasteiger partial charge in [-0.25, -0.2) is 9.78 Å². The topological polar surface area (TPSA) is 88.0 Å². The minimum Gasteiger partial charge on any atom is -0.341 e. The molecule has 0 fully saturated rings. The van der Waals surface area contributed by atoms with Gasteiger partial charge in [0.15, 0.2) is 0 Å². The molecule has 0 unspecified atom stereocenters. The molecule has 3 amide bonds. The van der Waals surface area contributed by atoms with Gasteiger partial charge < -0.3 is 20.5 Å². The summed E-state index contributed by atoms with van der Waals surface area (Å²) in [5, 5.41) is 7.52. The zero-order valence-electron chi connectivity index (χ0n) is 12.8. The van der Waals surface area contributed by atoms with E-state index in [0.717, 1.165) is 17.1 Å². The molecule has 2 rings (SSSR count). The van der Waals surface area contributed by atoms with Crippen LogP contribution in [-0.2, 0) is 4.79 Å². The number of hydrogen-bond acceptors (Lipinski definition) is 3. The molecule has 0 saturated carbocycles. The number of carbonyl (C=O) groups excluding carboxylic acids is 2. The molecule has 1 heterocycles. The van der Waals surface area contributed by atoms with Gasteiger partial charge in [-0.05, 0) is 38.1 Å². The standard InChI is InChI=1S/C15H19N5O2/c1-10-11(2)20(9-18-10)13-6-4-12(5-7-13)19-14(21)8-17-15(22)16-3/h4-7,9H,8H2,1-3H3,(H,19,21)(H2,16,17,22). The number of anilines is 1. The molecule has 0 atom stereocenters. The molecule has 1 aromatic heterocycles. The Morgan fingerprint density at radius 3 is 2.41 bits per heavy atom. The summed E-state index contributed by atoms with van der Waals surface area (Å²) < 4.78 is 1.98. The maximum absolute atomic E-state index is 11.7. The number of benzene rings is 1. The SMILES string of the molecule is CNC(=O)NCC(=O)Nc1ccc(-n2cnc(C)c2C)cc1. The van der Waals surface area contributed by atoms with Crippen molar-refractivity contribution in [1.82, 2.24) is 20.2 Å². The van der Waals surface area contributed by atoms with Crippen molar-refractivity contribution in [3.05, 3.63) is 42.0 Å². The Hall–Kier alpha value is -2.83. The number of carbonyl (C=O) groups is 2. The van der Waals surface area contributed by atoms with Gasteiger partial charge in [0, 0.05) is 24.1 Å². The molecule has 0 aliphatic rings. The van der Waals surface area contributed by atoms with Crippen molar-refractivity contribution in [3.8, 4) is 5.69 Å². The van der Waals surface area contributed by atoms with E-state index in [1.54, 1.807) is 6.33 Å². The van der Waals surface area contributed by atoms with Gasteiger partial charge in [-0.2, -0.15) is 0 Å². The van der Waals surface area contributed by atoms with E-state index in [4.69, 9.17) is 0 Å². The van der Waals surface area contributed by atoms with Crippen LogP contribution in [0.5, 0.6) is 0 Å². The molecule has 7 nitrogen and oxygen atoms in total. The normalized spacial score (nSPS) is 10.1. The van der Waals surface area contributed by atoms with Crippen LogP contribution in [0, 0.1) is 13.8 Å². The lowest BCUT2D eigenvalue weighted by atomic mass is 10.2. The predicted molar refractivity (Wildman–Crippen MR) is 84.1 cm³/mol. The summed E-state index contributed by atoms with van der Waals surface area (Å²) in [6, 6.07) is 7.02. The van der Waals surface area contributed by atoms with Crippen LogP contribution in [0.15, 0.2) is 30.6 Å². The first-order valence-electron chi connectivity index (χ1n) is 6.87. The van der Waals surface area contributed by atoms with Crippen LogP contribution in [0.25, 0.3) is 5.69 Å². The molecule has 0 saturated heterocycles. The van der Waals surface area contributed by atoms with Gasteiger partial charge in [0.1, 0.15) is 0 Å². The minimum absolute atomic E-state index is 0.0821. The third-order valence-electron chi connectivity index (χ3n) is 3.32. The van der Waals surface area contributed by atoms with Crippen LogP contribution in [0.1, 0.15) is 11.4 Å². The average Bonchev–Trinajstić information content (AvgIpc) is 2.85. The van der Waals surface area contributed by atoms with E-state index in [0.29, 0.717) is 5.69 Å². The molecule has 3 N–H and O–H groups in total. The summed E-state index contributed by atoms with van der Waals surface area (Å²) in [5.74, 6) is -0.286. The fourth-order valence-corrected chi connectivity index (χ4v) is 1.92. The van der Waals surface area contributed by atoms with Gasteiger partial charge in [0.05, 0.1) is 18.6 Å². The summed E-state index contributed by atoms with van der Waals surface area (Å²) in [4.78, 5) is 26.9. The summed E-state index contributed by atoms with van der Waals surface area (Å²) >= 11 is 0. The number of nitrogens with one attached hydrogen (secondary N) is 3. The third kappa shape index (κ3) is 3.63. The number of imidazole rings is 1.